The second kappa shape index (κ2) is 13.9. The monoisotopic (exact) mass is 494 g/mol. The summed E-state index contributed by atoms with van der Waals surface area (Å²) in [7, 11) is -1.93. The van der Waals surface area contributed by atoms with Crippen molar-refractivity contribution in [3.63, 3.8) is 0 Å². The van der Waals surface area contributed by atoms with Gasteiger partial charge in [0.2, 0.25) is 0 Å². The zero-order chi connectivity index (χ0) is 25.6. The average Bonchev–Trinajstić information content (AvgIpc) is 2.91. The van der Waals surface area contributed by atoms with E-state index in [0.717, 1.165) is 23.1 Å². The lowest BCUT2D eigenvalue weighted by molar-refractivity contribution is 0.00511. The lowest BCUT2D eigenvalue weighted by Crippen LogP contribution is -2.26. The van der Waals surface area contributed by atoms with Crippen LogP contribution in [0.4, 0.5) is 0 Å². The quantitative estimate of drug-likeness (QED) is 0.141. The Hall–Kier alpha value is -2.78. The highest BCUT2D eigenvalue weighted by atomic mass is 31.2. The number of ether oxygens (including phenoxy) is 2. The summed E-state index contributed by atoms with van der Waals surface area (Å²) in [6, 6.07) is 26.7. The molecule has 0 aromatic heterocycles. The van der Waals surface area contributed by atoms with E-state index in [2.05, 4.69) is 6.07 Å². The molecule has 3 aromatic carbocycles. The van der Waals surface area contributed by atoms with Crippen molar-refractivity contribution < 1.29 is 20.0 Å². The van der Waals surface area contributed by atoms with E-state index in [4.69, 9.17) is 20.7 Å². The van der Waals surface area contributed by atoms with Crippen LogP contribution in [0.2, 0.25) is 0 Å². The van der Waals surface area contributed by atoms with Crippen LogP contribution in [0.1, 0.15) is 24.5 Å². The third-order valence-corrected chi connectivity index (χ3v) is 7.97. The second-order valence-electron chi connectivity index (χ2n) is 8.10. The van der Waals surface area contributed by atoms with Crippen molar-refractivity contribution in [1.29, 1.82) is 5.26 Å². The third kappa shape index (κ3) is 7.86. The van der Waals surface area contributed by atoms with Crippen LogP contribution in [0.3, 0.4) is 0 Å². The molecule has 0 amide bonds. The van der Waals surface area contributed by atoms with Crippen molar-refractivity contribution in [3.05, 3.63) is 95.6 Å². The van der Waals surface area contributed by atoms with E-state index in [1.807, 2.05) is 66.7 Å². The molecular weight excluding hydrogens is 460 g/mol. The van der Waals surface area contributed by atoms with E-state index in [1.165, 1.54) is 5.06 Å². The van der Waals surface area contributed by atoms with Crippen LogP contribution in [-0.4, -0.2) is 39.0 Å². The van der Waals surface area contributed by atoms with E-state index in [1.54, 1.807) is 19.2 Å². The van der Waals surface area contributed by atoms with Crippen LogP contribution in [0.15, 0.2) is 78.9 Å². The summed E-state index contributed by atoms with van der Waals surface area (Å²) in [5.74, 6) is 0. The first-order chi connectivity index (χ1) is 17.6. The fourth-order valence-electron chi connectivity index (χ4n) is 3.78. The minimum absolute atomic E-state index is 0.126. The topological polar surface area (TPSA) is 71.8 Å². The molecule has 184 valence electrons. The number of nitrogens with zero attached hydrogens (tertiary/aromatic N) is 2. The lowest BCUT2D eigenvalue weighted by atomic mass is 10.1. The van der Waals surface area contributed by atoms with Crippen molar-refractivity contribution in [1.82, 2.24) is 5.06 Å². The summed E-state index contributed by atoms with van der Waals surface area (Å²) in [6.07, 6.45) is 1.81. The largest absolute Gasteiger partial charge is 0.379 e. The molecular formula is C28H33N2O4P. The molecule has 0 aliphatic rings. The summed E-state index contributed by atoms with van der Waals surface area (Å²) in [4.78, 5) is 0. The number of aryl methyl sites for hydroxylation is 1. The Balaban J connectivity index is 1.52. The fraction of sp³-hybridized carbons (Fsp3) is 0.321. The van der Waals surface area contributed by atoms with Gasteiger partial charge in [-0.05, 0) is 47.7 Å². The number of hydrogen-bond donors (Lipinski definition) is 0. The standard InChI is InChI=1S/C28H33N2O4P/c1-30(2)34-35(31,27-15-4-3-5-16-27)28-17-9-8-12-25(28)14-10-20-32-21-22-33-23-26-13-7-6-11-24(26)18-19-29/h3-9,11-13,15-17H,10,14,18,20-23H2,1-2H3/i1D,19+1. The molecule has 0 fully saturated rings. The summed E-state index contributed by atoms with van der Waals surface area (Å²) >= 11 is 0. The highest BCUT2D eigenvalue weighted by molar-refractivity contribution is 7.74. The Morgan fingerprint density at radius 3 is 2.29 bits per heavy atom. The molecule has 6 nitrogen and oxygen atoms in total. The maximum absolute atomic E-state index is 14.2. The van der Waals surface area contributed by atoms with Gasteiger partial charge in [0, 0.05) is 32.7 Å². The summed E-state index contributed by atoms with van der Waals surface area (Å²) in [5.41, 5.74) is 2.96. The van der Waals surface area contributed by atoms with Crippen molar-refractivity contribution in [3.8, 4) is 6.07 Å². The second-order valence-corrected chi connectivity index (χ2v) is 10.4. The molecule has 35 heavy (non-hydrogen) atoms. The molecule has 0 bridgehead atoms. The lowest BCUT2D eigenvalue weighted by Gasteiger charge is -2.24. The van der Waals surface area contributed by atoms with E-state index < -0.39 is 7.37 Å². The average molecular weight is 495 g/mol. The Kier molecular flexibility index (Phi) is 10.1. The highest BCUT2D eigenvalue weighted by Crippen LogP contribution is 2.46. The molecule has 0 N–H and O–H groups in total. The Labute approximate surface area is 209 Å². The number of rotatable bonds is 14. The number of benzene rings is 3. The van der Waals surface area contributed by atoms with Gasteiger partial charge >= 0.3 is 0 Å². The molecule has 7 heteroatoms. The molecule has 3 aromatic rings. The normalized spacial score (nSPS) is 13.2. The Morgan fingerprint density at radius 2 is 1.54 bits per heavy atom. The summed E-state index contributed by atoms with van der Waals surface area (Å²) < 4.78 is 39.1. The molecule has 1 unspecified atom stereocenters. The van der Waals surface area contributed by atoms with Crippen molar-refractivity contribution in [2.75, 3.05) is 33.9 Å². The first-order valence-electron chi connectivity index (χ1n) is 12.3. The minimum Gasteiger partial charge on any atom is -0.379 e. The van der Waals surface area contributed by atoms with Crippen LogP contribution < -0.4 is 10.6 Å². The molecule has 3 rings (SSSR count). The van der Waals surface area contributed by atoms with Crippen molar-refractivity contribution in [2.24, 2.45) is 0 Å². The highest BCUT2D eigenvalue weighted by Gasteiger charge is 2.32. The van der Waals surface area contributed by atoms with E-state index in [-0.39, 0.29) is 7.02 Å². The molecule has 0 saturated carbocycles. The van der Waals surface area contributed by atoms with Crippen LogP contribution >= 0.6 is 7.37 Å². The van der Waals surface area contributed by atoms with Crippen molar-refractivity contribution in [2.45, 2.75) is 25.9 Å². The smallest absolute Gasteiger partial charge is 0.277 e. The third-order valence-electron chi connectivity index (χ3n) is 5.41. The summed E-state index contributed by atoms with van der Waals surface area (Å²) in [5, 5.41) is 11.5. The number of hydrogen-bond acceptors (Lipinski definition) is 6. The molecule has 0 spiro atoms. The van der Waals surface area contributed by atoms with Crippen LogP contribution in [0.5, 0.6) is 0 Å². The zero-order valence-corrected chi connectivity index (χ0v) is 21.0. The molecule has 0 aliphatic carbocycles. The molecule has 1 atom stereocenters. The van der Waals surface area contributed by atoms with Gasteiger partial charge in [-0.1, -0.05) is 60.7 Å². The number of nitriles is 1. The molecule has 0 saturated heterocycles. The van der Waals surface area contributed by atoms with Gasteiger partial charge in [0.1, 0.15) is 0 Å². The zero-order valence-electron chi connectivity index (χ0n) is 21.1. The molecule has 0 heterocycles. The molecule has 0 aliphatic heterocycles. The van der Waals surface area contributed by atoms with E-state index >= 15 is 0 Å². The van der Waals surface area contributed by atoms with Gasteiger partial charge in [0.15, 0.2) is 0 Å². The van der Waals surface area contributed by atoms with Crippen LogP contribution in [0.25, 0.3) is 0 Å². The predicted molar refractivity (Wildman–Crippen MR) is 139 cm³/mol. The first kappa shape index (κ1) is 25.3. The van der Waals surface area contributed by atoms with Gasteiger partial charge in [-0.15, -0.1) is 0 Å². The van der Waals surface area contributed by atoms with Gasteiger partial charge in [-0.2, -0.15) is 10.3 Å². The summed E-state index contributed by atoms with van der Waals surface area (Å²) in [6.45, 7) is 1.94. The van der Waals surface area contributed by atoms with Gasteiger partial charge in [-0.3, -0.25) is 4.57 Å². The minimum atomic E-state index is -3.42. The van der Waals surface area contributed by atoms with Gasteiger partial charge in [0.25, 0.3) is 7.37 Å². The van der Waals surface area contributed by atoms with Crippen LogP contribution in [-0.2, 0) is 38.1 Å². The fourth-order valence-corrected chi connectivity index (χ4v) is 6.05. The van der Waals surface area contributed by atoms with E-state index in [9.17, 15) is 4.57 Å². The predicted octanol–water partition coefficient (Wildman–Crippen LogP) is 4.64. The maximum atomic E-state index is 14.2. The maximum Gasteiger partial charge on any atom is 0.277 e. The van der Waals surface area contributed by atoms with Crippen molar-refractivity contribution >= 4 is 18.0 Å². The van der Waals surface area contributed by atoms with Gasteiger partial charge in [-0.25, -0.2) is 4.62 Å². The van der Waals surface area contributed by atoms with Crippen LogP contribution in [0, 0.1) is 11.3 Å². The van der Waals surface area contributed by atoms with Gasteiger partial charge < -0.3 is 9.47 Å². The van der Waals surface area contributed by atoms with E-state index in [0.29, 0.717) is 49.9 Å². The Bertz CT molecular complexity index is 1170. The van der Waals surface area contributed by atoms with Gasteiger partial charge in [0.05, 0.1) is 32.3 Å². The Morgan fingerprint density at radius 1 is 0.886 bits per heavy atom. The molecule has 0 radical (unpaired) electrons. The number of hydroxylamine groups is 2. The first-order valence-corrected chi connectivity index (χ1v) is 13.2. The SMILES string of the molecule is [2H]CN(C)OP(=O)(c1ccccc1)c1ccccc1CCCOCCOCc1ccccc1C[13C]#N.